The van der Waals surface area contributed by atoms with E-state index in [2.05, 4.69) is 24.9 Å². The smallest absolute Gasteiger partial charge is 0.335 e. The number of carboxylic acids is 1. The third kappa shape index (κ3) is 5.45. The first-order valence-electron chi connectivity index (χ1n) is 10.9. The summed E-state index contributed by atoms with van der Waals surface area (Å²) in [5, 5.41) is 19.1. The monoisotopic (exact) mass is 443 g/mol. The molecular weight excluding hydrogens is 414 g/mol. The highest BCUT2D eigenvalue weighted by Gasteiger charge is 2.20. The van der Waals surface area contributed by atoms with Gasteiger partial charge in [0.25, 0.3) is 0 Å². The number of carboxylic acid groups (broad SMARTS) is 1. The predicted octanol–water partition coefficient (Wildman–Crippen LogP) is 6.17. The van der Waals surface area contributed by atoms with Crippen LogP contribution in [0.2, 0.25) is 0 Å². The molecule has 33 heavy (non-hydrogen) atoms. The SMILES string of the molecule is CC.CC(=O)/C(C)=C(\C=C/C(C)C)c1ccccc1-c1nc2cc(C(=O)O)ccn2c1C#N. The molecule has 0 aliphatic carbocycles. The summed E-state index contributed by atoms with van der Waals surface area (Å²) in [6.07, 6.45) is 5.49. The van der Waals surface area contributed by atoms with Crippen molar-refractivity contribution in [3.05, 3.63) is 77.1 Å². The van der Waals surface area contributed by atoms with E-state index in [0.29, 0.717) is 34.1 Å². The summed E-state index contributed by atoms with van der Waals surface area (Å²) < 4.78 is 1.57. The van der Waals surface area contributed by atoms with Crippen molar-refractivity contribution in [3.8, 4) is 17.3 Å². The van der Waals surface area contributed by atoms with Crippen LogP contribution in [-0.4, -0.2) is 26.2 Å². The van der Waals surface area contributed by atoms with Gasteiger partial charge in [-0.3, -0.25) is 9.20 Å². The third-order valence-electron chi connectivity index (χ3n) is 5.03. The Balaban J connectivity index is 0.00000187. The molecular formula is C27H29N3O3. The number of fused-ring (bicyclic) bond motifs is 1. The van der Waals surface area contributed by atoms with Gasteiger partial charge in [0, 0.05) is 11.8 Å². The minimum absolute atomic E-state index is 0.0418. The van der Waals surface area contributed by atoms with Gasteiger partial charge in [-0.2, -0.15) is 5.26 Å². The Morgan fingerprint density at radius 2 is 1.82 bits per heavy atom. The topological polar surface area (TPSA) is 95.5 Å². The fourth-order valence-electron chi connectivity index (χ4n) is 3.29. The van der Waals surface area contributed by atoms with Crippen molar-refractivity contribution in [1.82, 2.24) is 9.38 Å². The third-order valence-corrected chi connectivity index (χ3v) is 5.03. The summed E-state index contributed by atoms with van der Waals surface area (Å²) in [5.41, 5.74) is 4.06. The number of nitrogens with zero attached hydrogens (tertiary/aromatic N) is 3. The van der Waals surface area contributed by atoms with Crippen LogP contribution in [0.1, 0.15) is 63.2 Å². The molecule has 3 rings (SSSR count). The van der Waals surface area contributed by atoms with E-state index in [4.69, 9.17) is 0 Å². The molecule has 0 bridgehead atoms. The van der Waals surface area contributed by atoms with Crippen LogP contribution in [0, 0.1) is 17.2 Å². The highest BCUT2D eigenvalue weighted by Crippen LogP contribution is 2.34. The van der Waals surface area contributed by atoms with Gasteiger partial charge in [-0.15, -0.1) is 0 Å². The largest absolute Gasteiger partial charge is 0.478 e. The second kappa shape index (κ2) is 11.1. The molecule has 0 amide bonds. The molecule has 0 spiro atoms. The Hall–Kier alpha value is -3.98. The van der Waals surface area contributed by atoms with Gasteiger partial charge in [0.05, 0.1) is 5.56 Å². The number of Topliss-reactive ketones (excluding diaryl/α,β-unsaturated/α-hetero) is 1. The highest BCUT2D eigenvalue weighted by atomic mass is 16.4. The fourth-order valence-corrected chi connectivity index (χ4v) is 3.29. The maximum Gasteiger partial charge on any atom is 0.335 e. The lowest BCUT2D eigenvalue weighted by atomic mass is 9.91. The summed E-state index contributed by atoms with van der Waals surface area (Å²) in [6.45, 7) is 11.4. The number of ketones is 1. The Labute approximate surface area is 194 Å². The molecule has 2 aromatic heterocycles. The number of benzene rings is 1. The molecule has 0 saturated heterocycles. The van der Waals surface area contributed by atoms with Gasteiger partial charge < -0.3 is 5.11 Å². The van der Waals surface area contributed by atoms with Crippen molar-refractivity contribution < 1.29 is 14.7 Å². The molecule has 6 nitrogen and oxygen atoms in total. The normalized spacial score (nSPS) is 11.7. The summed E-state index contributed by atoms with van der Waals surface area (Å²) in [7, 11) is 0. The van der Waals surface area contributed by atoms with Gasteiger partial charge >= 0.3 is 5.97 Å². The Morgan fingerprint density at radius 1 is 1.15 bits per heavy atom. The second-order valence-corrected chi connectivity index (χ2v) is 7.61. The van der Waals surface area contributed by atoms with Crippen molar-refractivity contribution >= 4 is 23.0 Å². The first kappa shape index (κ1) is 25.3. The molecule has 6 heteroatoms. The maximum atomic E-state index is 12.2. The van der Waals surface area contributed by atoms with Crippen LogP contribution >= 0.6 is 0 Å². The first-order chi connectivity index (χ1) is 15.7. The molecule has 2 heterocycles. The Bertz CT molecular complexity index is 1290. The quantitative estimate of drug-likeness (QED) is 0.363. The van der Waals surface area contributed by atoms with Crippen LogP contribution in [0.4, 0.5) is 0 Å². The molecule has 1 aromatic carbocycles. The Kier molecular flexibility index (Phi) is 8.47. The summed E-state index contributed by atoms with van der Waals surface area (Å²) in [5.74, 6) is -0.812. The number of carbonyl (C=O) groups is 2. The second-order valence-electron chi connectivity index (χ2n) is 7.61. The van der Waals surface area contributed by atoms with Gasteiger partial charge in [0.2, 0.25) is 0 Å². The zero-order valence-electron chi connectivity index (χ0n) is 19.9. The number of pyridine rings is 1. The summed E-state index contributed by atoms with van der Waals surface area (Å²) in [4.78, 5) is 28.1. The molecule has 0 atom stereocenters. The van der Waals surface area contributed by atoms with Crippen LogP contribution < -0.4 is 0 Å². The van der Waals surface area contributed by atoms with Gasteiger partial charge in [0.1, 0.15) is 17.4 Å². The zero-order valence-corrected chi connectivity index (χ0v) is 19.9. The lowest BCUT2D eigenvalue weighted by Gasteiger charge is -2.12. The van der Waals surface area contributed by atoms with E-state index in [1.54, 1.807) is 11.3 Å². The minimum atomic E-state index is -1.06. The average molecular weight is 444 g/mol. The molecule has 170 valence electrons. The summed E-state index contributed by atoms with van der Waals surface area (Å²) in [6, 6.07) is 12.5. The van der Waals surface area contributed by atoms with Crippen LogP contribution in [-0.2, 0) is 4.79 Å². The van der Waals surface area contributed by atoms with Crippen molar-refractivity contribution in [3.63, 3.8) is 0 Å². The van der Waals surface area contributed by atoms with Crippen molar-refractivity contribution in [2.24, 2.45) is 5.92 Å². The first-order valence-corrected chi connectivity index (χ1v) is 10.9. The van der Waals surface area contributed by atoms with Crippen molar-refractivity contribution in [1.29, 1.82) is 5.26 Å². The van der Waals surface area contributed by atoms with E-state index >= 15 is 0 Å². The van der Waals surface area contributed by atoms with Crippen LogP contribution in [0.25, 0.3) is 22.5 Å². The van der Waals surface area contributed by atoms with Crippen molar-refractivity contribution in [2.75, 3.05) is 0 Å². The highest BCUT2D eigenvalue weighted by molar-refractivity contribution is 6.04. The maximum absolute atomic E-state index is 12.2. The van der Waals surface area contributed by atoms with Crippen LogP contribution in [0.15, 0.2) is 60.3 Å². The number of allylic oxidation sites excluding steroid dienone is 4. The van der Waals surface area contributed by atoms with E-state index in [1.165, 1.54) is 25.3 Å². The molecule has 0 aliphatic rings. The van der Waals surface area contributed by atoms with Gasteiger partial charge in [-0.05, 0) is 48.6 Å². The van der Waals surface area contributed by atoms with E-state index in [0.717, 1.165) is 11.1 Å². The number of hydrogen-bond acceptors (Lipinski definition) is 4. The van der Waals surface area contributed by atoms with E-state index in [9.17, 15) is 20.0 Å². The Morgan fingerprint density at radius 3 is 2.39 bits per heavy atom. The number of aromatic carboxylic acids is 1. The minimum Gasteiger partial charge on any atom is -0.478 e. The molecule has 0 saturated carbocycles. The predicted molar refractivity (Wildman–Crippen MR) is 131 cm³/mol. The molecule has 3 aromatic rings. The van der Waals surface area contributed by atoms with E-state index < -0.39 is 5.97 Å². The lowest BCUT2D eigenvalue weighted by Crippen LogP contribution is -1.99. The number of imidazole rings is 1. The number of aromatic nitrogens is 2. The molecule has 1 N–H and O–H groups in total. The molecule has 0 fully saturated rings. The average Bonchev–Trinajstić information content (AvgIpc) is 3.18. The fraction of sp³-hybridized carbons (Fsp3) is 0.259. The number of rotatable bonds is 6. The van der Waals surface area contributed by atoms with Gasteiger partial charge in [0.15, 0.2) is 11.5 Å². The zero-order chi connectivity index (χ0) is 24.7. The van der Waals surface area contributed by atoms with Gasteiger partial charge in [-0.25, -0.2) is 9.78 Å². The number of nitriles is 1. The summed E-state index contributed by atoms with van der Waals surface area (Å²) >= 11 is 0. The van der Waals surface area contributed by atoms with E-state index in [1.807, 2.05) is 50.3 Å². The standard InChI is InChI=1S/C25H23N3O3.C2H6/c1-15(2)9-10-19(16(3)17(4)29)20-7-5-6-8-21(20)24-22(14-26)28-12-11-18(25(30)31)13-23(28)27-24;1-2/h5-13,15H,1-4H3,(H,30,31);1-2H3/b10-9-,19-16+;. The molecule has 0 unspecified atom stereocenters. The molecule has 0 radical (unpaired) electrons. The number of hydrogen-bond donors (Lipinski definition) is 1. The molecule has 0 aliphatic heterocycles. The van der Waals surface area contributed by atoms with Crippen LogP contribution in [0.3, 0.4) is 0 Å². The van der Waals surface area contributed by atoms with Gasteiger partial charge in [-0.1, -0.05) is 64.1 Å². The van der Waals surface area contributed by atoms with Crippen LogP contribution in [0.5, 0.6) is 0 Å². The van der Waals surface area contributed by atoms with E-state index in [-0.39, 0.29) is 11.3 Å². The van der Waals surface area contributed by atoms with Crippen molar-refractivity contribution in [2.45, 2.75) is 41.5 Å². The lowest BCUT2D eigenvalue weighted by molar-refractivity contribution is -0.113. The number of carbonyl (C=O) groups excluding carboxylic acids is 1.